The summed E-state index contributed by atoms with van der Waals surface area (Å²) in [7, 11) is 0. The Morgan fingerprint density at radius 3 is 2.28 bits per heavy atom. The lowest BCUT2D eigenvalue weighted by Crippen LogP contribution is -2.30. The zero-order valence-electron chi connectivity index (χ0n) is 14.8. The third-order valence-corrected chi connectivity index (χ3v) is 5.19. The number of halogens is 2. The van der Waals surface area contributed by atoms with Crippen LogP contribution < -0.4 is 11.1 Å². The highest BCUT2D eigenvalue weighted by atomic mass is 35.5. The minimum Gasteiger partial charge on any atom is -0.352 e. The second-order valence-electron chi connectivity index (χ2n) is 7.14. The topological polar surface area (TPSA) is 58.4 Å². The van der Waals surface area contributed by atoms with Crippen LogP contribution in [0.2, 0.25) is 0 Å². The third kappa shape index (κ3) is 6.78. The lowest BCUT2D eigenvalue weighted by atomic mass is 10.1. The van der Waals surface area contributed by atoms with E-state index in [0.29, 0.717) is 6.54 Å². The standard InChI is InChI=1S/C19H29N3O.2ClH/c20-18-9-8-17(12-18)19(23)21-13-15-4-6-16(7-5-15)14-22-10-2-1-3-11-22;;/h4-7,17-18H,1-3,8-14,20H2,(H,21,23);2*1H. The van der Waals surface area contributed by atoms with Gasteiger partial charge in [0.05, 0.1) is 0 Å². The zero-order chi connectivity index (χ0) is 16.1. The average molecular weight is 388 g/mol. The highest BCUT2D eigenvalue weighted by Crippen LogP contribution is 2.24. The number of hydrogen-bond acceptors (Lipinski definition) is 3. The van der Waals surface area contributed by atoms with Gasteiger partial charge in [-0.05, 0) is 56.3 Å². The van der Waals surface area contributed by atoms with Crippen LogP contribution in [0.5, 0.6) is 0 Å². The quantitative estimate of drug-likeness (QED) is 0.814. The first-order chi connectivity index (χ1) is 11.2. The van der Waals surface area contributed by atoms with Crippen molar-refractivity contribution in [2.24, 2.45) is 11.7 Å². The minimum absolute atomic E-state index is 0. The number of nitrogens with two attached hydrogens (primary N) is 1. The maximum absolute atomic E-state index is 12.1. The van der Waals surface area contributed by atoms with Crippen LogP contribution in [0.25, 0.3) is 0 Å². The van der Waals surface area contributed by atoms with Gasteiger partial charge in [-0.2, -0.15) is 0 Å². The monoisotopic (exact) mass is 387 g/mol. The molecular formula is C19H31Cl2N3O. The first kappa shape index (κ1) is 22.2. The van der Waals surface area contributed by atoms with E-state index in [-0.39, 0.29) is 42.7 Å². The van der Waals surface area contributed by atoms with Gasteiger partial charge < -0.3 is 11.1 Å². The van der Waals surface area contributed by atoms with E-state index in [0.717, 1.165) is 25.8 Å². The smallest absolute Gasteiger partial charge is 0.223 e. The Bertz CT molecular complexity index is 518. The molecule has 2 unspecified atom stereocenters. The molecule has 2 aliphatic rings. The molecule has 0 aromatic heterocycles. The second kappa shape index (κ2) is 11.0. The van der Waals surface area contributed by atoms with E-state index >= 15 is 0 Å². The summed E-state index contributed by atoms with van der Waals surface area (Å²) in [5.41, 5.74) is 8.41. The van der Waals surface area contributed by atoms with Gasteiger partial charge in [-0.15, -0.1) is 24.8 Å². The first-order valence-corrected chi connectivity index (χ1v) is 9.04. The molecule has 25 heavy (non-hydrogen) atoms. The van der Waals surface area contributed by atoms with E-state index in [4.69, 9.17) is 5.73 Å². The number of benzene rings is 1. The molecule has 2 atom stereocenters. The molecule has 0 bridgehead atoms. The highest BCUT2D eigenvalue weighted by molar-refractivity contribution is 5.85. The highest BCUT2D eigenvalue weighted by Gasteiger charge is 2.27. The molecule has 1 aromatic rings. The number of carbonyl (C=O) groups excluding carboxylic acids is 1. The van der Waals surface area contributed by atoms with Crippen LogP contribution in [0.3, 0.4) is 0 Å². The number of likely N-dealkylation sites (tertiary alicyclic amines) is 1. The Kier molecular flexibility index (Phi) is 9.80. The van der Waals surface area contributed by atoms with E-state index in [2.05, 4.69) is 34.5 Å². The van der Waals surface area contributed by atoms with Gasteiger partial charge in [0, 0.05) is 25.0 Å². The molecule has 3 N–H and O–H groups in total. The fourth-order valence-electron chi connectivity index (χ4n) is 3.73. The average Bonchev–Trinajstić information content (AvgIpc) is 3.01. The van der Waals surface area contributed by atoms with Gasteiger partial charge in [-0.25, -0.2) is 0 Å². The van der Waals surface area contributed by atoms with Gasteiger partial charge >= 0.3 is 0 Å². The van der Waals surface area contributed by atoms with Crippen molar-refractivity contribution in [3.05, 3.63) is 35.4 Å². The Morgan fingerprint density at radius 1 is 1.04 bits per heavy atom. The summed E-state index contributed by atoms with van der Waals surface area (Å²) in [6, 6.07) is 8.88. The Hall–Kier alpha value is -0.810. The number of nitrogens with one attached hydrogen (secondary N) is 1. The molecule has 0 radical (unpaired) electrons. The number of carbonyl (C=O) groups is 1. The summed E-state index contributed by atoms with van der Waals surface area (Å²) in [5.74, 6) is 0.277. The molecule has 1 aliphatic heterocycles. The maximum atomic E-state index is 12.1. The van der Waals surface area contributed by atoms with Crippen LogP contribution in [0, 0.1) is 5.92 Å². The van der Waals surface area contributed by atoms with Crippen LogP contribution in [0.4, 0.5) is 0 Å². The molecule has 1 aliphatic carbocycles. The third-order valence-electron chi connectivity index (χ3n) is 5.19. The summed E-state index contributed by atoms with van der Waals surface area (Å²) in [6.45, 7) is 4.11. The number of hydrogen-bond donors (Lipinski definition) is 2. The molecule has 1 saturated heterocycles. The van der Waals surface area contributed by atoms with Crippen LogP contribution in [0.15, 0.2) is 24.3 Å². The summed E-state index contributed by atoms with van der Waals surface area (Å²) < 4.78 is 0. The normalized spacial score (nSPS) is 23.4. The fourth-order valence-corrected chi connectivity index (χ4v) is 3.73. The van der Waals surface area contributed by atoms with Crippen LogP contribution in [-0.2, 0) is 17.9 Å². The van der Waals surface area contributed by atoms with E-state index in [1.54, 1.807) is 0 Å². The molecule has 1 aromatic carbocycles. The van der Waals surface area contributed by atoms with Crippen molar-refractivity contribution in [2.75, 3.05) is 13.1 Å². The van der Waals surface area contributed by atoms with Gasteiger partial charge in [0.1, 0.15) is 0 Å². The number of rotatable bonds is 5. The van der Waals surface area contributed by atoms with Crippen LogP contribution in [-0.4, -0.2) is 29.9 Å². The molecule has 1 saturated carbocycles. The van der Waals surface area contributed by atoms with Crippen molar-refractivity contribution < 1.29 is 4.79 Å². The van der Waals surface area contributed by atoms with Gasteiger partial charge in [0.2, 0.25) is 5.91 Å². The van der Waals surface area contributed by atoms with Gasteiger partial charge in [-0.1, -0.05) is 30.7 Å². The molecule has 1 amide bonds. The van der Waals surface area contributed by atoms with Crippen molar-refractivity contribution in [1.82, 2.24) is 10.2 Å². The molecule has 4 nitrogen and oxygen atoms in total. The summed E-state index contributed by atoms with van der Waals surface area (Å²) >= 11 is 0. The van der Waals surface area contributed by atoms with E-state index in [1.165, 1.54) is 43.5 Å². The predicted molar refractivity (Wildman–Crippen MR) is 107 cm³/mol. The number of amides is 1. The van der Waals surface area contributed by atoms with Crippen molar-refractivity contribution in [1.29, 1.82) is 0 Å². The van der Waals surface area contributed by atoms with Gasteiger partial charge in [0.25, 0.3) is 0 Å². The molecule has 142 valence electrons. The van der Waals surface area contributed by atoms with E-state index in [9.17, 15) is 4.79 Å². The molecule has 2 fully saturated rings. The molecule has 3 rings (SSSR count). The summed E-state index contributed by atoms with van der Waals surface area (Å²) in [5, 5.41) is 3.06. The lowest BCUT2D eigenvalue weighted by molar-refractivity contribution is -0.125. The van der Waals surface area contributed by atoms with Crippen LogP contribution >= 0.6 is 24.8 Å². The van der Waals surface area contributed by atoms with Crippen molar-refractivity contribution in [2.45, 2.75) is 57.7 Å². The number of piperidine rings is 1. The summed E-state index contributed by atoms with van der Waals surface area (Å²) in [6.07, 6.45) is 6.77. The second-order valence-corrected chi connectivity index (χ2v) is 7.14. The SMILES string of the molecule is Cl.Cl.NC1CCC(C(=O)NCc2ccc(CN3CCCCC3)cc2)C1. The zero-order valence-corrected chi connectivity index (χ0v) is 16.4. The van der Waals surface area contributed by atoms with Crippen molar-refractivity contribution in [3.63, 3.8) is 0 Å². The largest absolute Gasteiger partial charge is 0.352 e. The molecule has 0 spiro atoms. The fraction of sp³-hybridized carbons (Fsp3) is 0.632. The molecular weight excluding hydrogens is 357 g/mol. The summed E-state index contributed by atoms with van der Waals surface area (Å²) in [4.78, 5) is 14.7. The first-order valence-electron chi connectivity index (χ1n) is 9.04. The van der Waals surface area contributed by atoms with E-state index in [1.807, 2.05) is 0 Å². The Morgan fingerprint density at radius 2 is 1.68 bits per heavy atom. The Labute approximate surface area is 163 Å². The number of nitrogens with zero attached hydrogens (tertiary/aromatic N) is 1. The van der Waals surface area contributed by atoms with Crippen molar-refractivity contribution >= 4 is 30.7 Å². The molecule has 1 heterocycles. The van der Waals surface area contributed by atoms with Gasteiger partial charge in [-0.3, -0.25) is 9.69 Å². The predicted octanol–water partition coefficient (Wildman–Crippen LogP) is 3.26. The minimum atomic E-state index is 0. The molecule has 6 heteroatoms. The maximum Gasteiger partial charge on any atom is 0.223 e. The lowest BCUT2D eigenvalue weighted by Gasteiger charge is -2.26. The van der Waals surface area contributed by atoms with Crippen molar-refractivity contribution in [3.8, 4) is 0 Å². The van der Waals surface area contributed by atoms with Crippen LogP contribution in [0.1, 0.15) is 49.7 Å². The van der Waals surface area contributed by atoms with E-state index < -0.39 is 0 Å². The Balaban J connectivity index is 0.00000156. The van der Waals surface area contributed by atoms with Gasteiger partial charge in [0.15, 0.2) is 0 Å².